The Kier molecular flexibility index (Phi) is 8.51. The Labute approximate surface area is 260 Å². The van der Waals surface area contributed by atoms with Crippen molar-refractivity contribution < 1.29 is 39.2 Å². The van der Waals surface area contributed by atoms with Crippen molar-refractivity contribution in [3.63, 3.8) is 0 Å². The monoisotopic (exact) mass is 622 g/mol. The molecule has 0 bridgehead atoms. The zero-order valence-electron chi connectivity index (χ0n) is 25.7. The third kappa shape index (κ3) is 5.16. The molecule has 240 valence electrons. The van der Waals surface area contributed by atoms with Crippen molar-refractivity contribution in [2.45, 2.75) is 37.6 Å². The standard InChI is InChI=1S/C33H39FN4O7/c1-36(2)22-14-19(16-38(11-10-34)15-17-8-6-5-7-9-17)27(39)24-20(22)12-18-13-21-26(37(3)4)29(41)25(32(35)44)31(43)33(21,45)30(42)23(18)28(24)40/h5-9,14,18,21,26,39-40,43,45H,10-13,15-16H2,1-4H3,(H2,35,44)/t18?,21?,26-,33-/m0/s1. The Balaban J connectivity index is 1.65. The lowest BCUT2D eigenvalue weighted by molar-refractivity contribution is -0.153. The third-order valence-electron chi connectivity index (χ3n) is 9.30. The molecule has 12 heteroatoms. The van der Waals surface area contributed by atoms with E-state index in [9.17, 15) is 39.2 Å². The summed E-state index contributed by atoms with van der Waals surface area (Å²) in [6.07, 6.45) is 0.177. The number of carbonyl (C=O) groups is 3. The molecule has 2 aromatic rings. The van der Waals surface area contributed by atoms with Crippen LogP contribution in [0.1, 0.15) is 28.7 Å². The van der Waals surface area contributed by atoms with Gasteiger partial charge in [0.25, 0.3) is 5.91 Å². The normalized spacial score (nSPS) is 24.6. The van der Waals surface area contributed by atoms with Crippen LogP contribution in [0.2, 0.25) is 0 Å². The van der Waals surface area contributed by atoms with Crippen LogP contribution in [0.15, 0.2) is 53.3 Å². The highest BCUT2D eigenvalue weighted by Crippen LogP contribution is 2.54. The van der Waals surface area contributed by atoms with Gasteiger partial charge in [-0.05, 0) is 50.0 Å². The predicted octanol–water partition coefficient (Wildman–Crippen LogP) is 2.00. The highest BCUT2D eigenvalue weighted by Gasteiger charge is 2.64. The van der Waals surface area contributed by atoms with Crippen molar-refractivity contribution in [1.82, 2.24) is 9.80 Å². The number of rotatable bonds is 9. The number of nitrogens with zero attached hydrogens (tertiary/aromatic N) is 3. The average Bonchev–Trinajstić information content (AvgIpc) is 2.96. The van der Waals surface area contributed by atoms with E-state index in [0.717, 1.165) is 5.56 Å². The number of aliphatic hydroxyl groups is 3. The molecule has 45 heavy (non-hydrogen) atoms. The molecule has 4 atom stereocenters. The minimum atomic E-state index is -2.71. The van der Waals surface area contributed by atoms with E-state index in [1.165, 1.54) is 4.90 Å². The summed E-state index contributed by atoms with van der Waals surface area (Å²) in [6, 6.07) is 10.1. The highest BCUT2D eigenvalue weighted by molar-refractivity contribution is 6.24. The number of likely N-dealkylation sites (N-methyl/N-ethyl adjacent to an activating group) is 1. The molecule has 2 unspecified atom stereocenters. The van der Waals surface area contributed by atoms with Gasteiger partial charge in [0.15, 0.2) is 11.4 Å². The molecule has 0 spiro atoms. The number of carbonyl (C=O) groups excluding carboxylic acids is 3. The van der Waals surface area contributed by atoms with E-state index in [0.29, 0.717) is 23.4 Å². The van der Waals surface area contributed by atoms with Gasteiger partial charge in [0.1, 0.15) is 29.5 Å². The molecule has 0 aromatic heterocycles. The lowest BCUT2D eigenvalue weighted by atomic mass is 9.57. The Morgan fingerprint density at radius 1 is 1.07 bits per heavy atom. The number of hydrogen-bond donors (Lipinski definition) is 5. The first kappa shape index (κ1) is 32.1. The van der Waals surface area contributed by atoms with Crippen LogP contribution in [0.3, 0.4) is 0 Å². The second-order valence-electron chi connectivity index (χ2n) is 12.5. The molecule has 0 aliphatic heterocycles. The topological polar surface area (TPSA) is 168 Å². The minimum Gasteiger partial charge on any atom is -0.508 e. The Morgan fingerprint density at radius 2 is 1.73 bits per heavy atom. The number of Topliss-reactive ketones (excluding diaryl/α,β-unsaturated/α-hetero) is 2. The largest absolute Gasteiger partial charge is 0.508 e. The van der Waals surface area contributed by atoms with Crippen LogP contribution >= 0.6 is 0 Å². The maximum absolute atomic E-state index is 14.2. The van der Waals surface area contributed by atoms with Gasteiger partial charge in [0.2, 0.25) is 5.78 Å². The van der Waals surface area contributed by atoms with Gasteiger partial charge >= 0.3 is 0 Å². The molecule has 1 fully saturated rings. The van der Waals surface area contributed by atoms with Gasteiger partial charge in [0, 0.05) is 56.5 Å². The molecule has 11 nitrogen and oxygen atoms in total. The number of hydrogen-bond acceptors (Lipinski definition) is 10. The van der Waals surface area contributed by atoms with Crippen LogP contribution < -0.4 is 10.6 Å². The van der Waals surface area contributed by atoms with Crippen molar-refractivity contribution in [3.05, 3.63) is 75.6 Å². The number of alkyl halides is 1. The highest BCUT2D eigenvalue weighted by atomic mass is 19.1. The van der Waals surface area contributed by atoms with E-state index in [1.807, 2.05) is 40.1 Å². The first-order valence-corrected chi connectivity index (χ1v) is 14.8. The second-order valence-corrected chi connectivity index (χ2v) is 12.5. The number of fused-ring (bicyclic) bond motifs is 3. The van der Waals surface area contributed by atoms with E-state index in [1.54, 1.807) is 34.3 Å². The zero-order valence-corrected chi connectivity index (χ0v) is 25.7. The Morgan fingerprint density at radius 3 is 2.31 bits per heavy atom. The summed E-state index contributed by atoms with van der Waals surface area (Å²) < 4.78 is 13.6. The van der Waals surface area contributed by atoms with Gasteiger partial charge < -0.3 is 31.1 Å². The van der Waals surface area contributed by atoms with E-state index in [4.69, 9.17) is 5.73 Å². The van der Waals surface area contributed by atoms with Crippen molar-refractivity contribution in [2.75, 3.05) is 46.3 Å². The molecule has 1 amide bonds. The number of aliphatic hydroxyl groups excluding tert-OH is 2. The van der Waals surface area contributed by atoms with Crippen LogP contribution in [0, 0.1) is 11.8 Å². The van der Waals surface area contributed by atoms with E-state index in [2.05, 4.69) is 0 Å². The van der Waals surface area contributed by atoms with E-state index in [-0.39, 0.29) is 42.8 Å². The number of phenols is 1. The van der Waals surface area contributed by atoms with Crippen molar-refractivity contribution in [3.8, 4) is 5.75 Å². The van der Waals surface area contributed by atoms with Crippen LogP contribution in [0.5, 0.6) is 5.75 Å². The van der Waals surface area contributed by atoms with Gasteiger partial charge in [-0.25, -0.2) is 4.39 Å². The number of primary amides is 1. The number of benzene rings is 2. The van der Waals surface area contributed by atoms with Crippen molar-refractivity contribution >= 4 is 28.9 Å². The first-order chi connectivity index (χ1) is 21.2. The van der Waals surface area contributed by atoms with Crippen LogP contribution in [-0.2, 0) is 33.9 Å². The van der Waals surface area contributed by atoms with Crippen LogP contribution in [0.4, 0.5) is 10.1 Å². The van der Waals surface area contributed by atoms with Gasteiger partial charge in [0.05, 0.1) is 11.6 Å². The molecule has 3 aliphatic carbocycles. The summed E-state index contributed by atoms with van der Waals surface area (Å²) in [4.78, 5) is 44.8. The summed E-state index contributed by atoms with van der Waals surface area (Å²) in [5.41, 5.74) is 4.19. The molecule has 5 rings (SSSR count). The fraction of sp³-hybridized carbons (Fsp3) is 0.424. The number of ketones is 2. The number of halogens is 1. The molecular weight excluding hydrogens is 583 g/mol. The number of amides is 1. The third-order valence-corrected chi connectivity index (χ3v) is 9.30. The summed E-state index contributed by atoms with van der Waals surface area (Å²) in [5, 5.41) is 46.3. The molecule has 0 saturated heterocycles. The van der Waals surface area contributed by atoms with Gasteiger partial charge in [-0.3, -0.25) is 24.2 Å². The summed E-state index contributed by atoms with van der Waals surface area (Å²) in [5.74, 6) is -6.98. The van der Waals surface area contributed by atoms with Gasteiger partial charge in [-0.2, -0.15) is 0 Å². The lowest BCUT2D eigenvalue weighted by Gasteiger charge is -2.50. The van der Waals surface area contributed by atoms with Crippen molar-refractivity contribution in [2.24, 2.45) is 17.6 Å². The van der Waals surface area contributed by atoms with Crippen LogP contribution in [0.25, 0.3) is 5.76 Å². The van der Waals surface area contributed by atoms with E-state index >= 15 is 0 Å². The van der Waals surface area contributed by atoms with Gasteiger partial charge in [-0.15, -0.1) is 0 Å². The smallest absolute Gasteiger partial charge is 0.255 e. The summed E-state index contributed by atoms with van der Waals surface area (Å²) in [6.45, 7) is -0.00150. The summed E-state index contributed by atoms with van der Waals surface area (Å²) in [7, 11) is 6.72. The number of phenolic OH excluding ortho intramolecular Hbond substituents is 1. The maximum atomic E-state index is 14.2. The Hall–Kier alpha value is -4.26. The number of anilines is 1. The SMILES string of the molecule is CN(C)c1cc(CN(CCF)Cc2ccccc2)c(O)c2c1CC1CC3[C@H](N(C)C)C(=O)C(C(N)=O)=C(O)[C@@]3(O)C(=O)C1=C2O. The number of nitrogens with two attached hydrogens (primary N) is 1. The lowest BCUT2D eigenvalue weighted by Crippen LogP contribution is -2.65. The average molecular weight is 623 g/mol. The number of aromatic hydroxyl groups is 1. The van der Waals surface area contributed by atoms with Crippen LogP contribution in [-0.4, -0.2) is 101 Å². The fourth-order valence-electron chi connectivity index (χ4n) is 7.28. The maximum Gasteiger partial charge on any atom is 0.255 e. The molecular formula is C33H39FN4O7. The zero-order chi connectivity index (χ0) is 33.0. The first-order valence-electron chi connectivity index (χ1n) is 14.8. The van der Waals surface area contributed by atoms with Crippen molar-refractivity contribution in [1.29, 1.82) is 0 Å². The fourth-order valence-corrected chi connectivity index (χ4v) is 7.28. The minimum absolute atomic E-state index is 0.00248. The molecule has 0 heterocycles. The predicted molar refractivity (Wildman–Crippen MR) is 165 cm³/mol. The van der Waals surface area contributed by atoms with E-state index < -0.39 is 64.7 Å². The molecule has 3 aliphatic rings. The molecule has 0 radical (unpaired) electrons. The second kappa shape index (κ2) is 11.9. The quantitative estimate of drug-likeness (QED) is 0.261. The van der Waals surface area contributed by atoms with Gasteiger partial charge in [-0.1, -0.05) is 30.3 Å². The molecule has 1 saturated carbocycles. The molecule has 6 N–H and O–H groups in total. The molecule has 2 aromatic carbocycles. The summed E-state index contributed by atoms with van der Waals surface area (Å²) >= 11 is 0. The Bertz CT molecular complexity index is 1620.